The van der Waals surface area contributed by atoms with Gasteiger partial charge >= 0.3 is 0 Å². The Kier molecular flexibility index (Phi) is 5.72. The van der Waals surface area contributed by atoms with Gasteiger partial charge in [-0.15, -0.1) is 0 Å². The van der Waals surface area contributed by atoms with Crippen molar-refractivity contribution in [3.8, 4) is 0 Å². The van der Waals surface area contributed by atoms with E-state index in [-0.39, 0.29) is 11.9 Å². The summed E-state index contributed by atoms with van der Waals surface area (Å²) in [5.74, 6) is -0.0396. The van der Waals surface area contributed by atoms with Crippen molar-refractivity contribution in [3.63, 3.8) is 0 Å². The van der Waals surface area contributed by atoms with E-state index in [0.29, 0.717) is 12.2 Å². The number of fused-ring (bicyclic) bond motifs is 1. The van der Waals surface area contributed by atoms with E-state index in [0.717, 1.165) is 37.3 Å². The third-order valence-electron chi connectivity index (χ3n) is 5.53. The van der Waals surface area contributed by atoms with Gasteiger partial charge in [-0.3, -0.25) is 14.1 Å². The molecular formula is C23H28N4O. The Morgan fingerprint density at radius 1 is 1.11 bits per heavy atom. The summed E-state index contributed by atoms with van der Waals surface area (Å²) < 4.78 is 1.91. The minimum Gasteiger partial charge on any atom is -0.349 e. The van der Waals surface area contributed by atoms with Gasteiger partial charge in [-0.1, -0.05) is 49.7 Å². The smallest absolute Gasteiger partial charge is 0.270 e. The molecule has 5 nitrogen and oxygen atoms in total. The summed E-state index contributed by atoms with van der Waals surface area (Å²) in [6.07, 6.45) is 6.14. The fourth-order valence-electron chi connectivity index (χ4n) is 4.16. The lowest BCUT2D eigenvalue weighted by Crippen LogP contribution is -2.37. The maximum absolute atomic E-state index is 13.2. The minimum atomic E-state index is -0.0396. The molecule has 4 rings (SSSR count). The first-order chi connectivity index (χ1) is 13.8. The van der Waals surface area contributed by atoms with Crippen molar-refractivity contribution in [2.45, 2.75) is 38.6 Å². The first-order valence-corrected chi connectivity index (χ1v) is 10.3. The van der Waals surface area contributed by atoms with Gasteiger partial charge in [-0.25, -0.2) is 4.98 Å². The topological polar surface area (TPSA) is 49.6 Å². The number of likely N-dealkylation sites (tertiary alicyclic amines) is 1. The molecule has 28 heavy (non-hydrogen) atoms. The summed E-state index contributed by atoms with van der Waals surface area (Å²) in [6, 6.07) is 16.6. The number of pyridine rings is 1. The van der Waals surface area contributed by atoms with Crippen LogP contribution < -0.4 is 5.32 Å². The number of hydrogen-bond donors (Lipinski definition) is 1. The molecule has 2 aromatic heterocycles. The maximum Gasteiger partial charge on any atom is 0.270 e. The molecule has 0 bridgehead atoms. The van der Waals surface area contributed by atoms with Gasteiger partial charge in [-0.05, 0) is 50.0 Å². The second kappa shape index (κ2) is 8.57. The molecule has 0 aliphatic carbocycles. The lowest BCUT2D eigenvalue weighted by molar-refractivity contribution is 0.0931. The predicted molar refractivity (Wildman–Crippen MR) is 112 cm³/mol. The minimum absolute atomic E-state index is 0.0396. The van der Waals surface area contributed by atoms with E-state index in [4.69, 9.17) is 0 Å². The molecule has 1 atom stereocenters. The highest BCUT2D eigenvalue weighted by Crippen LogP contribution is 2.24. The number of aromatic nitrogens is 2. The van der Waals surface area contributed by atoms with Gasteiger partial charge in [0.05, 0.1) is 11.7 Å². The van der Waals surface area contributed by atoms with Crippen molar-refractivity contribution in [3.05, 3.63) is 71.7 Å². The SMILES string of the molecule is CCCc1nc2ccccn2c1C(=O)NCC(c1ccccc1)N1CCCC1. The molecule has 0 radical (unpaired) electrons. The van der Waals surface area contributed by atoms with Crippen LogP contribution in [0, 0.1) is 0 Å². The molecule has 1 saturated heterocycles. The Hall–Kier alpha value is -2.66. The van der Waals surface area contributed by atoms with Crippen LogP contribution >= 0.6 is 0 Å². The van der Waals surface area contributed by atoms with Crippen LogP contribution in [0.3, 0.4) is 0 Å². The van der Waals surface area contributed by atoms with Crippen molar-refractivity contribution >= 4 is 11.6 Å². The number of imidazole rings is 1. The number of carbonyl (C=O) groups excluding carboxylic acids is 1. The van der Waals surface area contributed by atoms with E-state index >= 15 is 0 Å². The van der Waals surface area contributed by atoms with Gasteiger partial charge in [0.15, 0.2) is 0 Å². The quantitative estimate of drug-likeness (QED) is 0.681. The Morgan fingerprint density at radius 3 is 2.61 bits per heavy atom. The molecule has 3 heterocycles. The van der Waals surface area contributed by atoms with Gasteiger partial charge < -0.3 is 5.32 Å². The van der Waals surface area contributed by atoms with Crippen LogP contribution in [0.1, 0.15) is 54.0 Å². The molecule has 3 aromatic rings. The largest absolute Gasteiger partial charge is 0.349 e. The number of nitrogens with one attached hydrogen (secondary N) is 1. The second-order valence-corrected chi connectivity index (χ2v) is 7.47. The van der Waals surface area contributed by atoms with Crippen molar-refractivity contribution in [1.29, 1.82) is 0 Å². The third-order valence-corrected chi connectivity index (χ3v) is 5.53. The molecule has 0 spiro atoms. The van der Waals surface area contributed by atoms with E-state index in [1.807, 2.05) is 34.9 Å². The molecular weight excluding hydrogens is 348 g/mol. The van der Waals surface area contributed by atoms with Crippen LogP contribution in [-0.2, 0) is 6.42 Å². The zero-order chi connectivity index (χ0) is 19.3. The molecule has 146 valence electrons. The number of amides is 1. The van der Waals surface area contributed by atoms with Crippen LogP contribution in [0.15, 0.2) is 54.7 Å². The summed E-state index contributed by atoms with van der Waals surface area (Å²) in [7, 11) is 0. The molecule has 1 amide bonds. The van der Waals surface area contributed by atoms with Crippen LogP contribution in [0.5, 0.6) is 0 Å². The number of carbonyl (C=O) groups is 1. The number of nitrogens with zero attached hydrogens (tertiary/aromatic N) is 3. The molecule has 1 aliphatic heterocycles. The fourth-order valence-corrected chi connectivity index (χ4v) is 4.16. The number of aryl methyl sites for hydroxylation is 1. The summed E-state index contributed by atoms with van der Waals surface area (Å²) >= 11 is 0. The summed E-state index contributed by atoms with van der Waals surface area (Å²) in [4.78, 5) is 20.3. The van der Waals surface area contributed by atoms with Crippen LogP contribution in [0.25, 0.3) is 5.65 Å². The van der Waals surface area contributed by atoms with E-state index < -0.39 is 0 Å². The lowest BCUT2D eigenvalue weighted by atomic mass is 10.1. The monoisotopic (exact) mass is 376 g/mol. The van der Waals surface area contributed by atoms with Crippen molar-refractivity contribution < 1.29 is 4.79 Å². The molecule has 0 saturated carbocycles. The van der Waals surface area contributed by atoms with Gasteiger partial charge in [0.2, 0.25) is 0 Å². The Balaban J connectivity index is 1.57. The van der Waals surface area contributed by atoms with Gasteiger partial charge in [0.1, 0.15) is 11.3 Å². The Labute approximate surface area is 166 Å². The van der Waals surface area contributed by atoms with Crippen LogP contribution in [0.2, 0.25) is 0 Å². The summed E-state index contributed by atoms with van der Waals surface area (Å²) in [5, 5.41) is 3.21. The molecule has 1 aliphatic rings. The van der Waals surface area contributed by atoms with E-state index in [9.17, 15) is 4.79 Å². The first-order valence-electron chi connectivity index (χ1n) is 10.3. The third kappa shape index (κ3) is 3.80. The van der Waals surface area contributed by atoms with Crippen LogP contribution in [-0.4, -0.2) is 39.8 Å². The number of hydrogen-bond acceptors (Lipinski definition) is 3. The maximum atomic E-state index is 13.2. The van der Waals surface area contributed by atoms with Gasteiger partial charge in [0, 0.05) is 12.7 Å². The standard InChI is InChI=1S/C23H28N4O/c1-2-10-19-22(27-16-7-6-13-21(27)25-19)23(28)24-17-20(26-14-8-9-15-26)18-11-4-3-5-12-18/h3-7,11-13,16,20H,2,8-10,14-15,17H2,1H3,(H,24,28). The number of rotatable bonds is 7. The van der Waals surface area contributed by atoms with E-state index in [1.54, 1.807) is 0 Å². The Bertz CT molecular complexity index is 928. The molecule has 1 aromatic carbocycles. The first kappa shape index (κ1) is 18.7. The zero-order valence-electron chi connectivity index (χ0n) is 16.5. The lowest BCUT2D eigenvalue weighted by Gasteiger charge is -2.28. The number of benzene rings is 1. The summed E-state index contributed by atoms with van der Waals surface area (Å²) in [6.45, 7) is 4.90. The fraction of sp³-hybridized carbons (Fsp3) is 0.391. The van der Waals surface area contributed by atoms with Crippen molar-refractivity contribution in [1.82, 2.24) is 19.6 Å². The molecule has 1 N–H and O–H groups in total. The van der Waals surface area contributed by atoms with Crippen molar-refractivity contribution in [2.75, 3.05) is 19.6 Å². The van der Waals surface area contributed by atoms with Gasteiger partial charge in [-0.2, -0.15) is 0 Å². The average Bonchev–Trinajstić information content (AvgIpc) is 3.37. The summed E-state index contributed by atoms with van der Waals surface area (Å²) in [5.41, 5.74) is 3.64. The molecule has 1 fully saturated rings. The zero-order valence-corrected chi connectivity index (χ0v) is 16.5. The normalized spacial score (nSPS) is 15.8. The predicted octanol–water partition coefficient (Wildman–Crippen LogP) is 3.85. The molecule has 5 heteroatoms. The van der Waals surface area contributed by atoms with Gasteiger partial charge in [0.25, 0.3) is 5.91 Å². The highest BCUT2D eigenvalue weighted by atomic mass is 16.2. The van der Waals surface area contributed by atoms with E-state index in [2.05, 4.69) is 46.4 Å². The average molecular weight is 377 g/mol. The van der Waals surface area contributed by atoms with Crippen molar-refractivity contribution in [2.24, 2.45) is 0 Å². The Morgan fingerprint density at radius 2 is 1.86 bits per heavy atom. The second-order valence-electron chi connectivity index (χ2n) is 7.47. The highest BCUT2D eigenvalue weighted by Gasteiger charge is 2.25. The van der Waals surface area contributed by atoms with E-state index in [1.165, 1.54) is 18.4 Å². The highest BCUT2D eigenvalue weighted by molar-refractivity contribution is 5.94. The molecule has 1 unspecified atom stereocenters. The van der Waals surface area contributed by atoms with Crippen LogP contribution in [0.4, 0.5) is 0 Å².